The van der Waals surface area contributed by atoms with Gasteiger partial charge >= 0.3 is 245 Å². The molecule has 4 nitrogen and oxygen atoms in total. The van der Waals surface area contributed by atoms with E-state index in [0.717, 1.165) is 48.0 Å². The smallest absolute Gasteiger partial charge is 0 e. The van der Waals surface area contributed by atoms with Crippen LogP contribution in [0.5, 0.6) is 0 Å². The van der Waals surface area contributed by atoms with Crippen molar-refractivity contribution >= 4 is 45.3 Å². The van der Waals surface area contributed by atoms with Crippen LogP contribution in [0, 0.1) is 24.8 Å². The molecule has 305 valence electrons. The Balaban J connectivity index is 0.000000448. The van der Waals surface area contributed by atoms with E-state index >= 15 is 0 Å². The Morgan fingerprint density at radius 3 is 1.89 bits per heavy atom. The van der Waals surface area contributed by atoms with Gasteiger partial charge in [0.25, 0.3) is 0 Å². The van der Waals surface area contributed by atoms with Gasteiger partial charge in [-0.3, -0.25) is 4.79 Å². The number of allylic oxidation sites excluding steroid dienone is 2. The number of ketones is 1. The summed E-state index contributed by atoms with van der Waals surface area (Å²) in [5, 5.41) is 12.2. The first kappa shape index (κ1) is 47.4. The number of benzene rings is 4. The van der Waals surface area contributed by atoms with E-state index in [0.29, 0.717) is 11.8 Å². The Labute approximate surface area is 355 Å². The van der Waals surface area contributed by atoms with Gasteiger partial charge in [0.05, 0.1) is 5.76 Å². The molecular weight excluding hydrogens is 925 g/mol. The second-order valence-electron chi connectivity index (χ2n) is 18.2. The number of fused-ring (bicyclic) bond motifs is 2. The monoisotopic (exact) mass is 996 g/mol. The summed E-state index contributed by atoms with van der Waals surface area (Å²) in [5.41, 5.74) is 10.0. The molecule has 0 aliphatic rings. The molecule has 5 rings (SSSR count). The number of rotatable bonds is 12. The summed E-state index contributed by atoms with van der Waals surface area (Å²) in [4.78, 5) is 17.1. The van der Waals surface area contributed by atoms with Gasteiger partial charge in [-0.2, -0.15) is 0 Å². The molecule has 6 heteroatoms. The quantitative estimate of drug-likeness (QED) is 0.0586. The van der Waals surface area contributed by atoms with E-state index in [1.807, 2.05) is 27.7 Å². The van der Waals surface area contributed by atoms with Crippen LogP contribution in [0.25, 0.3) is 38.9 Å². The second kappa shape index (κ2) is 19.6. The van der Waals surface area contributed by atoms with E-state index in [-0.39, 0.29) is 48.9 Å². The fourth-order valence-electron chi connectivity index (χ4n) is 7.67. The van der Waals surface area contributed by atoms with Crippen molar-refractivity contribution in [2.24, 2.45) is 11.8 Å². The summed E-state index contributed by atoms with van der Waals surface area (Å²) >= 11 is -2.10. The van der Waals surface area contributed by atoms with Crippen molar-refractivity contribution in [3.8, 4) is 17.1 Å². The van der Waals surface area contributed by atoms with Crippen LogP contribution in [-0.4, -0.2) is 33.7 Å². The van der Waals surface area contributed by atoms with Gasteiger partial charge in [-0.05, 0) is 25.7 Å². The second-order valence-corrected chi connectivity index (χ2v) is 28.9. The largest absolute Gasteiger partial charge is 0 e. The van der Waals surface area contributed by atoms with Crippen LogP contribution in [0.15, 0.2) is 72.5 Å². The van der Waals surface area contributed by atoms with Gasteiger partial charge in [0.2, 0.25) is 0 Å². The van der Waals surface area contributed by atoms with Crippen molar-refractivity contribution in [1.82, 2.24) is 9.55 Å². The van der Waals surface area contributed by atoms with Crippen LogP contribution in [0.1, 0.15) is 136 Å². The maximum absolute atomic E-state index is 11.7. The van der Waals surface area contributed by atoms with Crippen molar-refractivity contribution in [3.63, 3.8) is 0 Å². The number of aromatic nitrogens is 2. The minimum atomic E-state index is -2.10. The number of aryl methyl sites for hydroxylation is 1. The van der Waals surface area contributed by atoms with Crippen molar-refractivity contribution < 1.29 is 30.0 Å². The molecule has 0 amide bonds. The Morgan fingerprint density at radius 1 is 0.839 bits per heavy atom. The summed E-state index contributed by atoms with van der Waals surface area (Å²) in [5.74, 6) is 9.71. The van der Waals surface area contributed by atoms with Crippen molar-refractivity contribution in [1.29, 1.82) is 0 Å². The molecule has 1 aromatic heterocycles. The molecule has 0 bridgehead atoms. The Bertz CT molecular complexity index is 2110. The Kier molecular flexibility index (Phi) is 16.6. The van der Waals surface area contributed by atoms with Gasteiger partial charge in [-0.1, -0.05) is 27.7 Å². The number of aliphatic hydroxyl groups is 1. The number of hydrogen-bond donors (Lipinski definition) is 1. The van der Waals surface area contributed by atoms with Gasteiger partial charge in [0.1, 0.15) is 0 Å². The molecule has 0 aliphatic heterocycles. The summed E-state index contributed by atoms with van der Waals surface area (Å²) in [6, 6.07) is 26.6. The van der Waals surface area contributed by atoms with Gasteiger partial charge in [-0.15, -0.1) is 0 Å². The average Bonchev–Trinajstić information content (AvgIpc) is 3.50. The average molecular weight is 995 g/mol. The number of carbonyl (C=O) groups is 1. The number of carbonyl (C=O) groups excluding carboxylic acids is 1. The molecule has 56 heavy (non-hydrogen) atoms. The van der Waals surface area contributed by atoms with E-state index < -0.39 is 13.3 Å². The first-order valence-electron chi connectivity index (χ1n) is 20.8. The molecular formula is C50H69GeIrN2O2-. The fraction of sp³-hybridized carbons (Fsp3) is 0.480. The van der Waals surface area contributed by atoms with Gasteiger partial charge in [-0.25, -0.2) is 0 Å². The molecule has 1 radical (unpaired) electrons. The van der Waals surface area contributed by atoms with E-state index in [4.69, 9.17) is 4.98 Å². The van der Waals surface area contributed by atoms with Crippen LogP contribution >= 0.6 is 0 Å². The topological polar surface area (TPSA) is 55.1 Å². The predicted molar refractivity (Wildman–Crippen MR) is 241 cm³/mol. The minimum absolute atomic E-state index is 0. The third-order valence-electron chi connectivity index (χ3n) is 11.2. The van der Waals surface area contributed by atoms with E-state index in [1.165, 1.54) is 49.3 Å². The Morgan fingerprint density at radius 2 is 1.39 bits per heavy atom. The maximum Gasteiger partial charge on any atom is 0 e. The maximum atomic E-state index is 11.7. The summed E-state index contributed by atoms with van der Waals surface area (Å²) in [6.07, 6.45) is 4.91. The molecule has 1 heterocycles. The molecule has 0 fully saturated rings. The summed E-state index contributed by atoms with van der Waals surface area (Å²) in [6.45, 7) is 26.5. The summed E-state index contributed by atoms with van der Waals surface area (Å²) in [7, 11) is 0. The number of aliphatic hydroxyl groups excluding tert-OH is 1. The molecule has 0 atom stereocenters. The number of imidazole rings is 1. The van der Waals surface area contributed by atoms with Crippen molar-refractivity contribution in [3.05, 3.63) is 101 Å². The molecule has 0 spiro atoms. The zero-order chi connectivity index (χ0) is 41.0. The van der Waals surface area contributed by atoms with Crippen molar-refractivity contribution in [2.45, 2.75) is 143 Å². The van der Waals surface area contributed by atoms with Gasteiger partial charge in [0, 0.05) is 38.0 Å². The van der Waals surface area contributed by atoms with Crippen LogP contribution < -0.4 is 4.40 Å². The SMILES string of the molecule is CCC(CC)C(=O)/C=C(\O)C(CC)CC.Cc1cc(C(C)C)c(-n2c(-c3[c-]c4ccccc4c(C(C)(C)C)c3)nc3cc[c]([Ge]([CH3])([CH3])[CH3])cc32)c(C(C)C)c1.[Ir]. The van der Waals surface area contributed by atoms with Crippen LogP contribution in [0.3, 0.4) is 0 Å². The Hall–Kier alpha value is -2.99. The minimum Gasteiger partial charge on any atom is 0 e. The van der Waals surface area contributed by atoms with Gasteiger partial charge in [0.15, 0.2) is 5.78 Å². The van der Waals surface area contributed by atoms with E-state index in [2.05, 4.69) is 144 Å². The third-order valence-corrected chi connectivity index (χ3v) is 15.5. The predicted octanol–water partition coefficient (Wildman–Crippen LogP) is 13.9. The van der Waals surface area contributed by atoms with Crippen LogP contribution in [0.4, 0.5) is 0 Å². The molecule has 5 aromatic rings. The van der Waals surface area contributed by atoms with E-state index in [1.54, 1.807) is 0 Å². The molecule has 1 N–H and O–H groups in total. The molecule has 0 saturated heterocycles. The molecule has 0 saturated carbocycles. The van der Waals surface area contributed by atoms with E-state index in [9.17, 15) is 9.90 Å². The zero-order valence-electron chi connectivity index (χ0n) is 37.1. The molecule has 0 aliphatic carbocycles. The first-order chi connectivity index (χ1) is 25.8. The number of hydrogen-bond acceptors (Lipinski definition) is 3. The summed E-state index contributed by atoms with van der Waals surface area (Å²) < 4.78 is 3.99. The normalized spacial score (nSPS) is 12.5. The first-order valence-corrected chi connectivity index (χ1v) is 28.2. The fourth-order valence-corrected chi connectivity index (χ4v) is 10.1. The standard InChI is InChI=1S/C37H45GeN2.C13H24O2.Ir/c1-23(2)30-18-25(5)19-31(24(3)4)35(30)40-34-22-28(38(9,10)11)16-17-33(34)39-36(40)27-20-26-14-12-13-15-29(26)32(21-27)37(6,7)8;1-5-10(6-2)12(14)9-13(15)11(7-3)8-4;/h12-19,21-24H,1-11H3;9-11,14H,5-8H2,1-4H3;/q-1;;/b;12-9-;. The third kappa shape index (κ3) is 10.7. The van der Waals surface area contributed by atoms with Crippen molar-refractivity contribution in [2.75, 3.05) is 0 Å². The zero-order valence-corrected chi connectivity index (χ0v) is 41.6. The van der Waals surface area contributed by atoms with Crippen LogP contribution in [0.2, 0.25) is 17.3 Å². The van der Waals surface area contributed by atoms with Crippen LogP contribution in [-0.2, 0) is 30.3 Å². The molecule has 0 unspecified atom stereocenters. The van der Waals surface area contributed by atoms with Gasteiger partial charge < -0.3 is 5.11 Å². The number of nitrogens with zero attached hydrogens (tertiary/aromatic N) is 2. The molecule has 4 aromatic carbocycles.